The van der Waals surface area contributed by atoms with E-state index in [-0.39, 0.29) is 11.6 Å². The maximum absolute atomic E-state index is 14.6. The molecule has 0 fully saturated rings. The number of ether oxygens (including phenoxy) is 1. The molecule has 0 amide bonds. The van der Waals surface area contributed by atoms with Crippen LogP contribution in [-0.4, -0.2) is 12.0 Å². The Balaban J connectivity index is 2.13. The predicted octanol–water partition coefficient (Wildman–Crippen LogP) is 4.92. The van der Waals surface area contributed by atoms with Gasteiger partial charge in [0.25, 0.3) is 5.69 Å². The van der Waals surface area contributed by atoms with Gasteiger partial charge >= 0.3 is 0 Å². The average molecular weight is 337 g/mol. The van der Waals surface area contributed by atoms with Gasteiger partial charge in [-0.1, -0.05) is 42.5 Å². The summed E-state index contributed by atoms with van der Waals surface area (Å²) in [5.74, 6) is -0.258. The zero-order chi connectivity index (χ0) is 17.8. The quantitative estimate of drug-likeness (QED) is 0.377. The van der Waals surface area contributed by atoms with Crippen LogP contribution in [-0.2, 0) is 0 Å². The Bertz CT molecular complexity index is 879. The highest BCUT2D eigenvalue weighted by atomic mass is 19.1. The first-order chi connectivity index (χ1) is 12.1. The van der Waals surface area contributed by atoms with Crippen molar-refractivity contribution in [3.05, 3.63) is 105 Å². The summed E-state index contributed by atoms with van der Waals surface area (Å²) in [7, 11) is 1.58. The molecule has 126 valence electrons. The van der Waals surface area contributed by atoms with Gasteiger partial charge in [0.1, 0.15) is 11.6 Å². The predicted molar refractivity (Wildman–Crippen MR) is 93.4 cm³/mol. The lowest BCUT2D eigenvalue weighted by Gasteiger charge is -2.19. The Kier molecular flexibility index (Phi) is 4.75. The van der Waals surface area contributed by atoms with Crippen molar-refractivity contribution in [1.82, 2.24) is 0 Å². The van der Waals surface area contributed by atoms with E-state index in [1.165, 1.54) is 12.1 Å². The third-order valence-electron chi connectivity index (χ3n) is 4.09. The fraction of sp³-hybridized carbons (Fsp3) is 0.100. The molecule has 3 aromatic carbocycles. The highest BCUT2D eigenvalue weighted by Gasteiger charge is 2.22. The van der Waals surface area contributed by atoms with Gasteiger partial charge in [0.05, 0.1) is 18.1 Å². The van der Waals surface area contributed by atoms with Gasteiger partial charge in [-0.2, -0.15) is 0 Å². The van der Waals surface area contributed by atoms with Crippen LogP contribution in [0.2, 0.25) is 0 Å². The molecule has 0 aromatic heterocycles. The van der Waals surface area contributed by atoms with E-state index in [0.717, 1.165) is 17.2 Å². The van der Waals surface area contributed by atoms with E-state index in [0.29, 0.717) is 11.3 Å². The zero-order valence-electron chi connectivity index (χ0n) is 13.6. The van der Waals surface area contributed by atoms with Crippen LogP contribution in [0.4, 0.5) is 10.1 Å². The van der Waals surface area contributed by atoms with Crippen molar-refractivity contribution < 1.29 is 14.1 Å². The first-order valence-corrected chi connectivity index (χ1v) is 7.73. The van der Waals surface area contributed by atoms with Crippen LogP contribution >= 0.6 is 0 Å². The molecule has 5 heteroatoms. The van der Waals surface area contributed by atoms with Crippen LogP contribution in [0, 0.1) is 15.9 Å². The first-order valence-electron chi connectivity index (χ1n) is 7.73. The summed E-state index contributed by atoms with van der Waals surface area (Å²) < 4.78 is 19.8. The van der Waals surface area contributed by atoms with E-state index in [9.17, 15) is 14.5 Å². The molecule has 0 spiro atoms. The second-order valence-electron chi connectivity index (χ2n) is 5.58. The molecular formula is C20H16FNO3. The molecule has 4 nitrogen and oxygen atoms in total. The second-order valence-corrected chi connectivity index (χ2v) is 5.58. The van der Waals surface area contributed by atoms with Crippen LogP contribution in [0.3, 0.4) is 0 Å². The first kappa shape index (κ1) is 16.6. The number of rotatable bonds is 5. The lowest BCUT2D eigenvalue weighted by molar-refractivity contribution is -0.385. The van der Waals surface area contributed by atoms with E-state index in [1.54, 1.807) is 7.11 Å². The molecule has 0 aliphatic heterocycles. The van der Waals surface area contributed by atoms with E-state index >= 15 is 0 Å². The smallest absolute Gasteiger partial charge is 0.272 e. The summed E-state index contributed by atoms with van der Waals surface area (Å²) in [6.07, 6.45) is 0. The van der Waals surface area contributed by atoms with E-state index in [1.807, 2.05) is 54.6 Å². The lowest BCUT2D eigenvalue weighted by atomic mass is 9.85. The highest BCUT2D eigenvalue weighted by Crippen LogP contribution is 2.35. The molecule has 25 heavy (non-hydrogen) atoms. The summed E-state index contributed by atoms with van der Waals surface area (Å²) in [5, 5.41) is 10.9. The largest absolute Gasteiger partial charge is 0.497 e. The summed E-state index contributed by atoms with van der Waals surface area (Å²) in [5.41, 5.74) is 1.91. The topological polar surface area (TPSA) is 52.4 Å². The van der Waals surface area contributed by atoms with Crippen molar-refractivity contribution in [2.24, 2.45) is 0 Å². The van der Waals surface area contributed by atoms with E-state index < -0.39 is 10.7 Å². The minimum Gasteiger partial charge on any atom is -0.497 e. The summed E-state index contributed by atoms with van der Waals surface area (Å²) in [6, 6.07) is 20.6. The lowest BCUT2D eigenvalue weighted by Crippen LogP contribution is -2.06. The van der Waals surface area contributed by atoms with Gasteiger partial charge < -0.3 is 4.74 Å². The molecule has 0 aliphatic carbocycles. The number of nitro groups is 1. The molecule has 0 saturated carbocycles. The number of nitro benzene ring substituents is 1. The fourth-order valence-electron chi connectivity index (χ4n) is 2.86. The van der Waals surface area contributed by atoms with Gasteiger partial charge in [0.2, 0.25) is 0 Å². The van der Waals surface area contributed by atoms with Crippen molar-refractivity contribution in [1.29, 1.82) is 0 Å². The Morgan fingerprint density at radius 1 is 0.960 bits per heavy atom. The molecule has 0 radical (unpaired) electrons. The number of hydrogen-bond acceptors (Lipinski definition) is 3. The van der Waals surface area contributed by atoms with Crippen LogP contribution in [0.25, 0.3) is 0 Å². The van der Waals surface area contributed by atoms with Crippen LogP contribution in [0.15, 0.2) is 72.8 Å². The third kappa shape index (κ3) is 3.50. The maximum atomic E-state index is 14.6. The van der Waals surface area contributed by atoms with Gasteiger partial charge in [-0.05, 0) is 29.3 Å². The molecule has 0 bridgehead atoms. The maximum Gasteiger partial charge on any atom is 0.272 e. The van der Waals surface area contributed by atoms with Gasteiger partial charge in [0.15, 0.2) is 0 Å². The zero-order valence-corrected chi connectivity index (χ0v) is 13.6. The van der Waals surface area contributed by atoms with Crippen molar-refractivity contribution in [3.63, 3.8) is 0 Å². The standard InChI is InChI=1S/C20H16FNO3/c1-25-17-10-7-15(8-11-17)20(14-5-3-2-4-6-14)18-12-9-16(22(23)24)13-19(18)21/h2-13,20H,1H3. The van der Waals surface area contributed by atoms with Crippen LogP contribution in [0.1, 0.15) is 22.6 Å². The summed E-state index contributed by atoms with van der Waals surface area (Å²) >= 11 is 0. The molecule has 1 unspecified atom stereocenters. The summed E-state index contributed by atoms with van der Waals surface area (Å²) in [4.78, 5) is 10.3. The van der Waals surface area contributed by atoms with E-state index in [2.05, 4.69) is 0 Å². The third-order valence-corrected chi connectivity index (χ3v) is 4.09. The normalized spacial score (nSPS) is 11.8. The number of benzene rings is 3. The second kappa shape index (κ2) is 7.13. The van der Waals surface area contributed by atoms with Gasteiger partial charge in [-0.3, -0.25) is 10.1 Å². The molecule has 0 aliphatic rings. The number of halogens is 1. The van der Waals surface area contributed by atoms with E-state index in [4.69, 9.17) is 4.74 Å². The molecule has 1 atom stereocenters. The van der Waals surface area contributed by atoms with Crippen molar-refractivity contribution in [2.75, 3.05) is 7.11 Å². The molecule has 0 N–H and O–H groups in total. The Morgan fingerprint density at radius 2 is 1.60 bits per heavy atom. The Hall–Kier alpha value is -3.21. The Labute approximate surface area is 144 Å². The van der Waals surface area contributed by atoms with Gasteiger partial charge in [0, 0.05) is 17.5 Å². The number of non-ortho nitro benzene ring substituents is 1. The molecule has 0 heterocycles. The minimum atomic E-state index is -0.599. The van der Waals surface area contributed by atoms with Crippen molar-refractivity contribution in [2.45, 2.75) is 5.92 Å². The van der Waals surface area contributed by atoms with Gasteiger partial charge in [-0.15, -0.1) is 0 Å². The number of nitrogens with zero attached hydrogens (tertiary/aromatic N) is 1. The fourth-order valence-corrected chi connectivity index (χ4v) is 2.86. The Morgan fingerprint density at radius 3 is 2.16 bits per heavy atom. The number of methoxy groups -OCH3 is 1. The van der Waals surface area contributed by atoms with Gasteiger partial charge in [-0.25, -0.2) is 4.39 Å². The molecule has 0 saturated heterocycles. The van der Waals surface area contributed by atoms with Crippen LogP contribution < -0.4 is 4.74 Å². The highest BCUT2D eigenvalue weighted by molar-refractivity contribution is 5.47. The average Bonchev–Trinajstić information content (AvgIpc) is 2.64. The van der Waals surface area contributed by atoms with Crippen molar-refractivity contribution in [3.8, 4) is 5.75 Å². The minimum absolute atomic E-state index is 0.261. The van der Waals surface area contributed by atoms with Crippen LogP contribution in [0.5, 0.6) is 5.75 Å². The summed E-state index contributed by atoms with van der Waals surface area (Å²) in [6.45, 7) is 0. The number of hydrogen-bond donors (Lipinski definition) is 0. The molecular weight excluding hydrogens is 321 g/mol. The monoisotopic (exact) mass is 337 g/mol. The SMILES string of the molecule is COc1ccc(C(c2ccccc2)c2ccc([N+](=O)[O-])cc2F)cc1. The molecule has 3 rings (SSSR count). The molecule has 3 aromatic rings. The van der Waals surface area contributed by atoms with Crippen molar-refractivity contribution >= 4 is 5.69 Å².